The number of carbonyl (C=O) groups excluding carboxylic acids is 1. The average Bonchev–Trinajstić information content (AvgIpc) is 3.35. The Bertz CT molecular complexity index is 1300. The van der Waals surface area contributed by atoms with Crippen molar-refractivity contribution in [2.75, 3.05) is 36.0 Å². The highest BCUT2D eigenvalue weighted by atomic mass is 19.4. The molecule has 0 N–H and O–H groups in total. The maximum absolute atomic E-state index is 13.1. The third-order valence-electron chi connectivity index (χ3n) is 6.81. The fourth-order valence-electron chi connectivity index (χ4n) is 4.97. The highest BCUT2D eigenvalue weighted by Crippen LogP contribution is 2.44. The van der Waals surface area contributed by atoms with Crippen LogP contribution in [0.1, 0.15) is 31.9 Å². The molecular formula is C23H24F5N7O2. The Kier molecular flexibility index (Phi) is 6.36. The molecule has 3 aromatic heterocycles. The van der Waals surface area contributed by atoms with Gasteiger partial charge in [-0.2, -0.15) is 13.2 Å². The van der Waals surface area contributed by atoms with Crippen LogP contribution in [0.25, 0.3) is 11.2 Å². The van der Waals surface area contributed by atoms with E-state index in [0.29, 0.717) is 50.4 Å². The second kappa shape index (κ2) is 9.38. The summed E-state index contributed by atoms with van der Waals surface area (Å²) in [5, 5.41) is 4.08. The van der Waals surface area contributed by atoms with Gasteiger partial charge in [0.15, 0.2) is 11.2 Å². The largest absolute Gasteiger partial charge is 0.475 e. The van der Waals surface area contributed by atoms with Crippen LogP contribution in [-0.4, -0.2) is 63.3 Å². The van der Waals surface area contributed by atoms with Gasteiger partial charge in [-0.05, 0) is 31.9 Å². The second-order valence-corrected chi connectivity index (χ2v) is 9.25. The minimum atomic E-state index is -4.60. The van der Waals surface area contributed by atoms with E-state index >= 15 is 0 Å². The molecule has 0 atom stereocenters. The Hall–Kier alpha value is -3.58. The zero-order chi connectivity index (χ0) is 26.4. The molecule has 198 valence electrons. The van der Waals surface area contributed by atoms with E-state index in [0.717, 1.165) is 16.9 Å². The van der Waals surface area contributed by atoms with Gasteiger partial charge in [-0.3, -0.25) is 9.78 Å². The number of amides is 1. The Morgan fingerprint density at radius 2 is 1.95 bits per heavy atom. The van der Waals surface area contributed by atoms with Crippen molar-refractivity contribution in [2.45, 2.75) is 45.3 Å². The van der Waals surface area contributed by atoms with Crippen LogP contribution in [0.2, 0.25) is 0 Å². The van der Waals surface area contributed by atoms with E-state index in [9.17, 15) is 26.7 Å². The van der Waals surface area contributed by atoms with Crippen molar-refractivity contribution < 1.29 is 31.5 Å². The van der Waals surface area contributed by atoms with Gasteiger partial charge in [0.25, 0.3) is 12.3 Å². The van der Waals surface area contributed by atoms with E-state index in [1.165, 1.54) is 11.0 Å². The van der Waals surface area contributed by atoms with Crippen LogP contribution < -0.4 is 14.5 Å². The summed E-state index contributed by atoms with van der Waals surface area (Å²) in [5.41, 5.74) is -0.748. The highest BCUT2D eigenvalue weighted by Gasteiger charge is 2.46. The van der Waals surface area contributed by atoms with Gasteiger partial charge in [0.1, 0.15) is 18.1 Å². The first-order valence-electron chi connectivity index (χ1n) is 11.8. The van der Waals surface area contributed by atoms with Crippen molar-refractivity contribution in [1.29, 1.82) is 0 Å². The summed E-state index contributed by atoms with van der Waals surface area (Å²) in [6.45, 7) is 2.76. The molecule has 14 heteroatoms. The molecule has 0 aromatic carbocycles. The lowest BCUT2D eigenvalue weighted by molar-refractivity contribution is -0.141. The van der Waals surface area contributed by atoms with E-state index in [4.69, 9.17) is 4.74 Å². The lowest BCUT2D eigenvalue weighted by Gasteiger charge is -2.39. The first kappa shape index (κ1) is 25.1. The first-order chi connectivity index (χ1) is 17.6. The maximum Gasteiger partial charge on any atom is 0.433 e. The Balaban J connectivity index is 1.32. The fourth-order valence-corrected chi connectivity index (χ4v) is 4.97. The predicted octanol–water partition coefficient (Wildman–Crippen LogP) is 3.93. The molecule has 3 aromatic rings. The molecule has 2 aliphatic heterocycles. The highest BCUT2D eigenvalue weighted by molar-refractivity contribution is 5.96. The molecular weight excluding hydrogens is 501 g/mol. The van der Waals surface area contributed by atoms with Gasteiger partial charge in [0.2, 0.25) is 5.91 Å². The number of fused-ring (bicyclic) bond motifs is 1. The van der Waals surface area contributed by atoms with E-state index in [1.807, 2.05) is 4.90 Å². The van der Waals surface area contributed by atoms with E-state index in [1.54, 1.807) is 13.1 Å². The molecule has 5 rings (SSSR count). The van der Waals surface area contributed by atoms with Crippen molar-refractivity contribution in [1.82, 2.24) is 24.7 Å². The number of alkyl halides is 5. The van der Waals surface area contributed by atoms with Gasteiger partial charge in [-0.25, -0.2) is 23.4 Å². The standard InChI is InChI=1S/C23H24F5N7O2/c1-2-37-21-19-20(35(32-21)12-16(24)25)31-17(11-30-19)33-7-4-22(5-8-33)10-18(36)34(13-22)14-3-6-29-15(9-14)23(26,27)28/h3,6,9,11,16H,2,4-5,7-8,10,12-13H2,1H3. The summed E-state index contributed by atoms with van der Waals surface area (Å²) >= 11 is 0. The summed E-state index contributed by atoms with van der Waals surface area (Å²) in [4.78, 5) is 28.4. The Labute approximate surface area is 208 Å². The molecule has 2 saturated heterocycles. The molecule has 0 saturated carbocycles. The lowest BCUT2D eigenvalue weighted by atomic mass is 9.77. The van der Waals surface area contributed by atoms with Crippen molar-refractivity contribution in [3.05, 3.63) is 30.2 Å². The number of ether oxygens (including phenoxy) is 1. The number of pyridine rings is 1. The van der Waals surface area contributed by atoms with Crippen LogP contribution in [0, 0.1) is 5.41 Å². The molecule has 37 heavy (non-hydrogen) atoms. The summed E-state index contributed by atoms with van der Waals surface area (Å²) in [7, 11) is 0. The molecule has 5 heterocycles. The van der Waals surface area contributed by atoms with Crippen molar-refractivity contribution in [2.24, 2.45) is 5.41 Å². The molecule has 2 aliphatic rings. The van der Waals surface area contributed by atoms with Crippen LogP contribution in [0.4, 0.5) is 33.5 Å². The quantitative estimate of drug-likeness (QED) is 0.451. The van der Waals surface area contributed by atoms with Gasteiger partial charge in [-0.15, -0.1) is 5.10 Å². The number of aromatic nitrogens is 5. The van der Waals surface area contributed by atoms with Crippen LogP contribution in [0.5, 0.6) is 5.88 Å². The number of piperidine rings is 1. The molecule has 1 spiro atoms. The summed E-state index contributed by atoms with van der Waals surface area (Å²) in [6.07, 6.45) is -3.19. The number of carbonyl (C=O) groups is 1. The van der Waals surface area contributed by atoms with E-state index < -0.39 is 24.8 Å². The minimum Gasteiger partial charge on any atom is -0.475 e. The van der Waals surface area contributed by atoms with Crippen molar-refractivity contribution in [3.63, 3.8) is 0 Å². The topological polar surface area (TPSA) is 89.3 Å². The van der Waals surface area contributed by atoms with Gasteiger partial charge in [-0.1, -0.05) is 0 Å². The molecule has 0 unspecified atom stereocenters. The zero-order valence-electron chi connectivity index (χ0n) is 19.9. The predicted molar refractivity (Wildman–Crippen MR) is 123 cm³/mol. The minimum absolute atomic E-state index is 0.143. The van der Waals surface area contributed by atoms with Crippen LogP contribution in [-0.2, 0) is 17.5 Å². The lowest BCUT2D eigenvalue weighted by Crippen LogP contribution is -2.42. The molecule has 9 nitrogen and oxygen atoms in total. The Morgan fingerprint density at radius 1 is 1.19 bits per heavy atom. The molecule has 0 radical (unpaired) electrons. The average molecular weight is 525 g/mol. The Morgan fingerprint density at radius 3 is 2.62 bits per heavy atom. The smallest absolute Gasteiger partial charge is 0.433 e. The number of nitrogens with zero attached hydrogens (tertiary/aromatic N) is 7. The number of rotatable bonds is 6. The molecule has 0 aliphatic carbocycles. The summed E-state index contributed by atoms with van der Waals surface area (Å²) in [6, 6.07) is 2.31. The monoisotopic (exact) mass is 525 g/mol. The van der Waals surface area contributed by atoms with Gasteiger partial charge >= 0.3 is 6.18 Å². The van der Waals surface area contributed by atoms with Crippen LogP contribution in [0.3, 0.4) is 0 Å². The van der Waals surface area contributed by atoms with Gasteiger partial charge in [0, 0.05) is 43.4 Å². The van der Waals surface area contributed by atoms with Crippen LogP contribution in [0.15, 0.2) is 24.5 Å². The SMILES string of the molecule is CCOc1nn(CC(F)F)c2nc(N3CCC4(CC3)CC(=O)N(c3ccnc(C(F)(F)F)c3)C4)cnc12. The third-order valence-corrected chi connectivity index (χ3v) is 6.81. The van der Waals surface area contributed by atoms with Crippen molar-refractivity contribution in [3.8, 4) is 5.88 Å². The number of anilines is 2. The molecule has 2 fully saturated rings. The number of halogens is 5. The summed E-state index contributed by atoms with van der Waals surface area (Å²) < 4.78 is 72.0. The molecule has 0 bridgehead atoms. The number of hydrogen-bond donors (Lipinski definition) is 0. The van der Waals surface area contributed by atoms with E-state index in [-0.39, 0.29) is 35.0 Å². The summed E-state index contributed by atoms with van der Waals surface area (Å²) in [5.74, 6) is 0.406. The van der Waals surface area contributed by atoms with Crippen LogP contribution >= 0.6 is 0 Å². The van der Waals surface area contributed by atoms with Gasteiger partial charge in [0.05, 0.1) is 12.8 Å². The van der Waals surface area contributed by atoms with Gasteiger partial charge < -0.3 is 14.5 Å². The van der Waals surface area contributed by atoms with E-state index in [2.05, 4.69) is 20.1 Å². The molecule has 1 amide bonds. The zero-order valence-corrected chi connectivity index (χ0v) is 19.9. The first-order valence-corrected chi connectivity index (χ1v) is 11.8. The second-order valence-electron chi connectivity index (χ2n) is 9.25. The fraction of sp³-hybridized carbons (Fsp3) is 0.522. The normalized spacial score (nSPS) is 18.0. The van der Waals surface area contributed by atoms with Crippen molar-refractivity contribution >= 4 is 28.6 Å². The third kappa shape index (κ3) is 4.88. The number of hydrogen-bond acceptors (Lipinski definition) is 7. The maximum atomic E-state index is 13.1.